The number of ether oxygens (including phenoxy) is 1. The van der Waals surface area contributed by atoms with Gasteiger partial charge < -0.3 is 4.74 Å². The molecule has 0 unspecified atom stereocenters. The topological polar surface area (TPSA) is 63.9 Å². The van der Waals surface area contributed by atoms with Crippen molar-refractivity contribution in [1.29, 1.82) is 0 Å². The van der Waals surface area contributed by atoms with Gasteiger partial charge in [-0.3, -0.25) is 18.9 Å². The number of likely N-dealkylation sites (N-methyl/N-ethyl adjacent to an activating group) is 1. The van der Waals surface area contributed by atoms with Gasteiger partial charge in [-0.05, 0) is 25.6 Å². The molecular weight excluding hydrogens is 270 g/mol. The van der Waals surface area contributed by atoms with E-state index >= 15 is 0 Å². The Morgan fingerprint density at radius 1 is 1.38 bits per heavy atom. The summed E-state index contributed by atoms with van der Waals surface area (Å²) >= 11 is 0. The smallest absolute Gasteiger partial charge is 0.320 e. The number of carbonyl (C=O) groups excluding carboxylic acids is 1. The summed E-state index contributed by atoms with van der Waals surface area (Å²) in [7, 11) is 0. The third-order valence-corrected chi connectivity index (χ3v) is 3.11. The maximum Gasteiger partial charge on any atom is 0.320 e. The number of carbonyl (C=O) groups is 1. The van der Waals surface area contributed by atoms with Gasteiger partial charge in [0.15, 0.2) is 0 Å². The van der Waals surface area contributed by atoms with Gasteiger partial charge in [0.05, 0.1) is 18.8 Å². The lowest BCUT2D eigenvalue weighted by atomic mass is 10.3. The van der Waals surface area contributed by atoms with Gasteiger partial charge in [-0.15, -0.1) is 0 Å². The maximum atomic E-state index is 12.0. The van der Waals surface area contributed by atoms with E-state index in [4.69, 9.17) is 4.74 Å². The fourth-order valence-electron chi connectivity index (χ4n) is 2.08. The standard InChI is InChI=1S/C15H19N3O3/c1-3-17(11-15(20)21-4-2)10-12-9-14(19)18-8-6-5-7-13(18)16-12/h5-9H,3-4,10-11H2,1-2H3. The fourth-order valence-corrected chi connectivity index (χ4v) is 2.08. The summed E-state index contributed by atoms with van der Waals surface area (Å²) in [4.78, 5) is 29.9. The average molecular weight is 289 g/mol. The predicted molar refractivity (Wildman–Crippen MR) is 79.0 cm³/mol. The lowest BCUT2D eigenvalue weighted by molar-refractivity contribution is -0.144. The van der Waals surface area contributed by atoms with Crippen LogP contribution in [0.5, 0.6) is 0 Å². The van der Waals surface area contributed by atoms with Crippen LogP contribution >= 0.6 is 0 Å². The Morgan fingerprint density at radius 3 is 2.90 bits per heavy atom. The zero-order valence-corrected chi connectivity index (χ0v) is 12.3. The van der Waals surface area contributed by atoms with E-state index in [0.717, 1.165) is 0 Å². The minimum atomic E-state index is -0.267. The molecule has 2 heterocycles. The molecule has 0 saturated heterocycles. The quantitative estimate of drug-likeness (QED) is 0.745. The molecule has 0 saturated carbocycles. The van der Waals surface area contributed by atoms with Crippen molar-refractivity contribution in [2.45, 2.75) is 20.4 Å². The summed E-state index contributed by atoms with van der Waals surface area (Å²) in [6, 6.07) is 6.91. The van der Waals surface area contributed by atoms with E-state index in [1.807, 2.05) is 17.9 Å². The van der Waals surface area contributed by atoms with Crippen molar-refractivity contribution in [1.82, 2.24) is 14.3 Å². The van der Waals surface area contributed by atoms with E-state index in [1.54, 1.807) is 25.3 Å². The molecule has 0 aliphatic heterocycles. The number of aromatic nitrogens is 2. The SMILES string of the molecule is CCOC(=O)CN(CC)Cc1cc(=O)n2ccccc2n1. The molecule has 0 spiro atoms. The summed E-state index contributed by atoms with van der Waals surface area (Å²) in [6.45, 7) is 5.41. The highest BCUT2D eigenvalue weighted by atomic mass is 16.5. The first-order valence-electron chi connectivity index (χ1n) is 6.99. The molecule has 0 amide bonds. The second-order valence-corrected chi connectivity index (χ2v) is 4.62. The zero-order chi connectivity index (χ0) is 15.2. The highest BCUT2D eigenvalue weighted by Crippen LogP contribution is 2.03. The van der Waals surface area contributed by atoms with Gasteiger partial charge in [0.25, 0.3) is 5.56 Å². The molecule has 0 N–H and O–H groups in total. The number of esters is 1. The van der Waals surface area contributed by atoms with Crippen molar-refractivity contribution in [3.05, 3.63) is 46.5 Å². The van der Waals surface area contributed by atoms with Crippen molar-refractivity contribution in [3.63, 3.8) is 0 Å². The van der Waals surface area contributed by atoms with Gasteiger partial charge in [0.1, 0.15) is 5.65 Å². The van der Waals surface area contributed by atoms with E-state index < -0.39 is 0 Å². The van der Waals surface area contributed by atoms with Crippen LogP contribution < -0.4 is 5.56 Å². The molecule has 0 aromatic carbocycles. The molecule has 0 aliphatic carbocycles. The zero-order valence-electron chi connectivity index (χ0n) is 12.3. The Hall–Kier alpha value is -2.21. The van der Waals surface area contributed by atoms with E-state index in [1.165, 1.54) is 10.5 Å². The third kappa shape index (κ3) is 3.88. The van der Waals surface area contributed by atoms with Crippen molar-refractivity contribution < 1.29 is 9.53 Å². The lowest BCUT2D eigenvalue weighted by Crippen LogP contribution is -2.31. The second kappa shape index (κ2) is 6.99. The summed E-state index contributed by atoms with van der Waals surface area (Å²) < 4.78 is 6.43. The van der Waals surface area contributed by atoms with Gasteiger partial charge in [0, 0.05) is 18.8 Å². The van der Waals surface area contributed by atoms with Crippen LogP contribution in [0.1, 0.15) is 19.5 Å². The molecule has 21 heavy (non-hydrogen) atoms. The number of pyridine rings is 1. The number of hydrogen-bond acceptors (Lipinski definition) is 5. The Labute approximate surface area is 123 Å². The predicted octanol–water partition coefficient (Wildman–Crippen LogP) is 1.08. The Balaban J connectivity index is 2.18. The van der Waals surface area contributed by atoms with Crippen molar-refractivity contribution in [3.8, 4) is 0 Å². The molecule has 0 fully saturated rings. The van der Waals surface area contributed by atoms with Crippen molar-refractivity contribution in [2.24, 2.45) is 0 Å². The third-order valence-electron chi connectivity index (χ3n) is 3.11. The highest BCUT2D eigenvalue weighted by molar-refractivity contribution is 5.71. The van der Waals surface area contributed by atoms with Gasteiger partial charge in [-0.2, -0.15) is 0 Å². The minimum absolute atomic E-state index is 0.122. The van der Waals surface area contributed by atoms with Crippen LogP contribution in [0.2, 0.25) is 0 Å². The molecule has 2 rings (SSSR count). The minimum Gasteiger partial charge on any atom is -0.465 e. The van der Waals surface area contributed by atoms with E-state index in [9.17, 15) is 9.59 Å². The summed E-state index contributed by atoms with van der Waals surface area (Å²) in [6.07, 6.45) is 1.69. The molecule has 0 aliphatic rings. The van der Waals surface area contributed by atoms with Gasteiger partial charge in [-0.25, -0.2) is 4.98 Å². The Bertz CT molecular complexity index is 681. The van der Waals surface area contributed by atoms with Crippen LogP contribution in [0.4, 0.5) is 0 Å². The molecule has 2 aromatic heterocycles. The first-order valence-corrected chi connectivity index (χ1v) is 6.99. The van der Waals surface area contributed by atoms with Crippen molar-refractivity contribution in [2.75, 3.05) is 19.7 Å². The van der Waals surface area contributed by atoms with E-state index in [2.05, 4.69) is 4.98 Å². The molecule has 6 heteroatoms. The summed E-state index contributed by atoms with van der Waals surface area (Å²) in [5, 5.41) is 0. The van der Waals surface area contributed by atoms with Gasteiger partial charge >= 0.3 is 5.97 Å². The highest BCUT2D eigenvalue weighted by Gasteiger charge is 2.12. The first kappa shape index (κ1) is 15.2. The molecule has 6 nitrogen and oxygen atoms in total. The van der Waals surface area contributed by atoms with Crippen LogP contribution in [-0.2, 0) is 16.1 Å². The monoisotopic (exact) mass is 289 g/mol. The number of nitrogens with zero attached hydrogens (tertiary/aromatic N) is 3. The first-order chi connectivity index (χ1) is 10.1. The molecule has 2 aromatic rings. The maximum absolute atomic E-state index is 12.0. The fraction of sp³-hybridized carbons (Fsp3) is 0.400. The van der Waals surface area contributed by atoms with E-state index in [-0.39, 0.29) is 18.1 Å². The molecule has 0 atom stereocenters. The van der Waals surface area contributed by atoms with Crippen LogP contribution in [0.3, 0.4) is 0 Å². The van der Waals surface area contributed by atoms with Crippen LogP contribution in [0, 0.1) is 0 Å². The Kier molecular flexibility index (Phi) is 5.05. The molecular formula is C15H19N3O3. The van der Waals surface area contributed by atoms with Crippen molar-refractivity contribution >= 4 is 11.6 Å². The largest absolute Gasteiger partial charge is 0.465 e. The Morgan fingerprint density at radius 2 is 2.19 bits per heavy atom. The molecule has 0 radical (unpaired) electrons. The molecule has 0 bridgehead atoms. The van der Waals surface area contributed by atoms with E-state index in [0.29, 0.717) is 31.0 Å². The summed E-state index contributed by atoms with van der Waals surface area (Å²) in [5.41, 5.74) is 1.13. The second-order valence-electron chi connectivity index (χ2n) is 4.62. The van der Waals surface area contributed by atoms with Gasteiger partial charge in [0.2, 0.25) is 0 Å². The normalized spacial score (nSPS) is 11.0. The van der Waals surface area contributed by atoms with Crippen LogP contribution in [0.25, 0.3) is 5.65 Å². The van der Waals surface area contributed by atoms with Gasteiger partial charge in [-0.1, -0.05) is 13.0 Å². The van der Waals surface area contributed by atoms with Crippen LogP contribution in [-0.4, -0.2) is 40.0 Å². The number of hydrogen-bond donors (Lipinski definition) is 0. The lowest BCUT2D eigenvalue weighted by Gasteiger charge is -2.18. The summed E-state index contributed by atoms with van der Waals surface area (Å²) in [5.74, 6) is -0.267. The molecule has 112 valence electrons. The van der Waals surface area contributed by atoms with Crippen LogP contribution in [0.15, 0.2) is 35.3 Å². The average Bonchev–Trinajstić information content (AvgIpc) is 2.47. The number of fused-ring (bicyclic) bond motifs is 1. The number of rotatable bonds is 6.